The van der Waals surface area contributed by atoms with Crippen LogP contribution in [0.1, 0.15) is 23.1 Å². The highest BCUT2D eigenvalue weighted by Gasteiger charge is 2.20. The molecule has 2 heterocycles. The lowest BCUT2D eigenvalue weighted by atomic mass is 10.2. The average molecular weight is 436 g/mol. The summed E-state index contributed by atoms with van der Waals surface area (Å²) in [6.45, 7) is 1.99. The van der Waals surface area contributed by atoms with E-state index in [0.29, 0.717) is 29.3 Å². The minimum atomic E-state index is -0.230. The first-order valence-electron chi connectivity index (χ1n) is 8.95. The third kappa shape index (κ3) is 3.64. The normalized spacial score (nSPS) is 10.8. The number of amides is 1. The molecule has 2 aromatic carbocycles. The van der Waals surface area contributed by atoms with Crippen LogP contribution in [0, 0.1) is 0 Å². The molecule has 6 heteroatoms. The molecule has 0 saturated carbocycles. The molecule has 4 rings (SSSR count). The maximum Gasteiger partial charge on any atom is 0.274 e. The van der Waals surface area contributed by atoms with Crippen molar-refractivity contribution in [3.8, 4) is 11.5 Å². The smallest absolute Gasteiger partial charge is 0.274 e. The molecule has 0 spiro atoms. The second-order valence-corrected chi connectivity index (χ2v) is 7.12. The summed E-state index contributed by atoms with van der Waals surface area (Å²) in [7, 11) is 0. The van der Waals surface area contributed by atoms with Crippen molar-refractivity contribution >= 4 is 33.2 Å². The number of aromatic nitrogens is 2. The molecule has 1 N–H and O–H groups in total. The van der Waals surface area contributed by atoms with Gasteiger partial charge in [-0.3, -0.25) is 9.20 Å². The number of aryl methyl sites for hydroxylation is 1. The molecule has 0 bridgehead atoms. The van der Waals surface area contributed by atoms with Crippen LogP contribution < -0.4 is 10.1 Å². The van der Waals surface area contributed by atoms with Crippen LogP contribution in [0.4, 0.5) is 5.69 Å². The number of halogens is 1. The predicted octanol–water partition coefficient (Wildman–Crippen LogP) is 5.70. The van der Waals surface area contributed by atoms with E-state index in [9.17, 15) is 4.79 Å². The summed E-state index contributed by atoms with van der Waals surface area (Å²) in [5.41, 5.74) is 2.60. The summed E-state index contributed by atoms with van der Waals surface area (Å²) >= 11 is 3.46. The minimum Gasteiger partial charge on any atom is -0.455 e. The van der Waals surface area contributed by atoms with Crippen LogP contribution in [0.25, 0.3) is 5.65 Å². The Hall–Kier alpha value is -3.12. The number of ether oxygens (including phenoxy) is 1. The number of anilines is 1. The highest BCUT2D eigenvalue weighted by Crippen LogP contribution is 2.30. The van der Waals surface area contributed by atoms with E-state index in [2.05, 4.69) is 26.2 Å². The van der Waals surface area contributed by atoms with Crippen molar-refractivity contribution in [1.82, 2.24) is 9.38 Å². The van der Waals surface area contributed by atoms with Crippen molar-refractivity contribution in [2.45, 2.75) is 13.3 Å². The minimum absolute atomic E-state index is 0.230. The third-order valence-corrected chi connectivity index (χ3v) is 4.78. The number of para-hydroxylation sites is 3. The molecule has 0 radical (unpaired) electrons. The Labute approximate surface area is 171 Å². The zero-order chi connectivity index (χ0) is 19.5. The van der Waals surface area contributed by atoms with Crippen LogP contribution in [0.2, 0.25) is 0 Å². The molecule has 140 valence electrons. The Kier molecular flexibility index (Phi) is 5.12. The van der Waals surface area contributed by atoms with Gasteiger partial charge in [0.2, 0.25) is 0 Å². The molecule has 0 aliphatic heterocycles. The van der Waals surface area contributed by atoms with Crippen LogP contribution in [-0.4, -0.2) is 15.3 Å². The Bertz CT molecular complexity index is 1140. The zero-order valence-corrected chi connectivity index (χ0v) is 16.8. The molecule has 2 aromatic heterocycles. The van der Waals surface area contributed by atoms with Gasteiger partial charge in [0.15, 0.2) is 5.75 Å². The Morgan fingerprint density at radius 3 is 2.61 bits per heavy atom. The van der Waals surface area contributed by atoms with E-state index in [0.717, 1.165) is 15.8 Å². The van der Waals surface area contributed by atoms with Gasteiger partial charge in [0.05, 0.1) is 11.4 Å². The number of nitrogens with zero attached hydrogens (tertiary/aromatic N) is 2. The molecule has 5 nitrogen and oxygen atoms in total. The predicted molar refractivity (Wildman–Crippen MR) is 113 cm³/mol. The number of hydrogen-bond donors (Lipinski definition) is 1. The van der Waals surface area contributed by atoms with Crippen molar-refractivity contribution in [2.24, 2.45) is 0 Å². The molecule has 28 heavy (non-hydrogen) atoms. The van der Waals surface area contributed by atoms with Gasteiger partial charge in [-0.05, 0) is 58.7 Å². The fourth-order valence-corrected chi connectivity index (χ4v) is 3.35. The van der Waals surface area contributed by atoms with E-state index >= 15 is 0 Å². The third-order valence-electron chi connectivity index (χ3n) is 4.31. The number of hydrogen-bond acceptors (Lipinski definition) is 3. The van der Waals surface area contributed by atoms with Crippen LogP contribution in [0.5, 0.6) is 11.5 Å². The van der Waals surface area contributed by atoms with Gasteiger partial charge in [-0.15, -0.1) is 0 Å². The second kappa shape index (κ2) is 7.86. The summed E-state index contributed by atoms with van der Waals surface area (Å²) in [6, 6.07) is 20.6. The quantitative estimate of drug-likeness (QED) is 0.437. The molecule has 0 fully saturated rings. The number of benzene rings is 2. The SMILES string of the molecule is CCc1nc2ccc(Br)cn2c1C(=O)Nc1ccccc1Oc1ccccc1. The number of nitrogens with one attached hydrogen (secondary N) is 1. The number of fused-ring (bicyclic) bond motifs is 1. The van der Waals surface area contributed by atoms with E-state index in [-0.39, 0.29) is 5.91 Å². The number of rotatable bonds is 5. The van der Waals surface area contributed by atoms with Gasteiger partial charge in [-0.1, -0.05) is 37.3 Å². The highest BCUT2D eigenvalue weighted by molar-refractivity contribution is 9.10. The van der Waals surface area contributed by atoms with Gasteiger partial charge in [0.25, 0.3) is 5.91 Å². The molecule has 0 unspecified atom stereocenters. The van der Waals surface area contributed by atoms with Crippen molar-refractivity contribution < 1.29 is 9.53 Å². The van der Waals surface area contributed by atoms with Crippen LogP contribution in [0.15, 0.2) is 77.4 Å². The molecule has 0 aliphatic rings. The lowest BCUT2D eigenvalue weighted by molar-refractivity contribution is 0.102. The van der Waals surface area contributed by atoms with Crippen LogP contribution >= 0.6 is 15.9 Å². The van der Waals surface area contributed by atoms with E-state index in [1.807, 2.05) is 79.9 Å². The number of pyridine rings is 1. The second-order valence-electron chi connectivity index (χ2n) is 6.20. The average Bonchev–Trinajstić information content (AvgIpc) is 3.08. The fourth-order valence-electron chi connectivity index (χ4n) is 3.01. The van der Waals surface area contributed by atoms with Crippen molar-refractivity contribution in [1.29, 1.82) is 0 Å². The molecule has 0 saturated heterocycles. The summed E-state index contributed by atoms with van der Waals surface area (Å²) in [5, 5.41) is 2.98. The van der Waals surface area contributed by atoms with Gasteiger partial charge in [0.1, 0.15) is 17.1 Å². The summed E-state index contributed by atoms with van der Waals surface area (Å²) in [4.78, 5) is 17.7. The Morgan fingerprint density at radius 1 is 1.07 bits per heavy atom. The maximum atomic E-state index is 13.1. The van der Waals surface area contributed by atoms with E-state index in [1.54, 1.807) is 4.40 Å². The molecule has 0 aliphatic carbocycles. The standard InChI is InChI=1S/C22H18BrN3O2/c1-2-17-21(26-14-15(23)12-13-20(26)24-17)22(27)25-18-10-6-7-11-19(18)28-16-8-4-3-5-9-16/h3-14H,2H2,1H3,(H,25,27). The topological polar surface area (TPSA) is 55.6 Å². The first kappa shape index (κ1) is 18.3. The lowest BCUT2D eigenvalue weighted by Gasteiger charge is -2.12. The van der Waals surface area contributed by atoms with Crippen molar-refractivity contribution in [3.05, 3.63) is 88.8 Å². The van der Waals surface area contributed by atoms with Crippen molar-refractivity contribution in [3.63, 3.8) is 0 Å². The van der Waals surface area contributed by atoms with Gasteiger partial charge >= 0.3 is 0 Å². The van der Waals surface area contributed by atoms with Gasteiger partial charge < -0.3 is 10.1 Å². The molecule has 4 aromatic rings. The maximum absolute atomic E-state index is 13.1. The zero-order valence-electron chi connectivity index (χ0n) is 15.2. The number of carbonyl (C=O) groups excluding carboxylic acids is 1. The van der Waals surface area contributed by atoms with Gasteiger partial charge in [0, 0.05) is 10.7 Å². The molecular formula is C22H18BrN3O2. The van der Waals surface area contributed by atoms with E-state index in [4.69, 9.17) is 4.74 Å². The fraction of sp³-hybridized carbons (Fsp3) is 0.0909. The van der Waals surface area contributed by atoms with Gasteiger partial charge in [-0.25, -0.2) is 4.98 Å². The molecule has 0 atom stereocenters. The largest absolute Gasteiger partial charge is 0.455 e. The molecule has 1 amide bonds. The van der Waals surface area contributed by atoms with Gasteiger partial charge in [-0.2, -0.15) is 0 Å². The van der Waals surface area contributed by atoms with Crippen LogP contribution in [0.3, 0.4) is 0 Å². The number of carbonyl (C=O) groups is 1. The first-order chi connectivity index (χ1) is 13.7. The lowest BCUT2D eigenvalue weighted by Crippen LogP contribution is -2.16. The molecular weight excluding hydrogens is 418 g/mol. The highest BCUT2D eigenvalue weighted by atomic mass is 79.9. The number of imidazole rings is 1. The summed E-state index contributed by atoms with van der Waals surface area (Å²) < 4.78 is 8.63. The summed E-state index contributed by atoms with van der Waals surface area (Å²) in [6.07, 6.45) is 2.51. The van der Waals surface area contributed by atoms with E-state index < -0.39 is 0 Å². The Balaban J connectivity index is 1.68. The summed E-state index contributed by atoms with van der Waals surface area (Å²) in [5.74, 6) is 1.05. The first-order valence-corrected chi connectivity index (χ1v) is 9.75. The van der Waals surface area contributed by atoms with Crippen LogP contribution in [-0.2, 0) is 6.42 Å². The van der Waals surface area contributed by atoms with E-state index in [1.165, 1.54) is 0 Å². The van der Waals surface area contributed by atoms with Crippen molar-refractivity contribution in [2.75, 3.05) is 5.32 Å². The monoisotopic (exact) mass is 435 g/mol. The Morgan fingerprint density at radius 2 is 1.82 bits per heavy atom.